The van der Waals surface area contributed by atoms with Crippen molar-refractivity contribution < 1.29 is 5.11 Å². The van der Waals surface area contributed by atoms with Crippen molar-refractivity contribution in [1.29, 1.82) is 0 Å². The van der Waals surface area contributed by atoms with Crippen LogP contribution in [0.4, 0.5) is 0 Å². The summed E-state index contributed by atoms with van der Waals surface area (Å²) in [4.78, 5) is 0. The first-order valence-corrected chi connectivity index (χ1v) is 8.15. The Labute approximate surface area is 147 Å². The molecule has 0 aliphatic heterocycles. The van der Waals surface area contributed by atoms with E-state index in [4.69, 9.17) is 11.6 Å². The maximum absolute atomic E-state index is 9.22. The summed E-state index contributed by atoms with van der Waals surface area (Å²) in [7, 11) is 0. The number of halogens is 1. The van der Waals surface area contributed by atoms with Crippen LogP contribution >= 0.6 is 11.6 Å². The lowest BCUT2D eigenvalue weighted by atomic mass is 9.99. The van der Waals surface area contributed by atoms with Crippen LogP contribution in [-0.2, 0) is 0 Å². The second-order valence-electron chi connectivity index (χ2n) is 6.36. The SMILES string of the molecule is C.CC(C)c1ccc(Cl)c(O)c1.Cc1ccc(C(C)C)cc1C. The third-order valence-corrected chi connectivity index (χ3v) is 4.15. The number of aromatic hydroxyl groups is 1. The van der Waals surface area contributed by atoms with Gasteiger partial charge in [0.25, 0.3) is 0 Å². The molecule has 0 aliphatic rings. The number of rotatable bonds is 2. The lowest BCUT2D eigenvalue weighted by molar-refractivity contribution is 0.474. The van der Waals surface area contributed by atoms with Gasteiger partial charge in [-0.1, -0.05) is 71.0 Å². The molecule has 1 nitrogen and oxygen atoms in total. The van der Waals surface area contributed by atoms with Crippen LogP contribution in [0, 0.1) is 13.8 Å². The topological polar surface area (TPSA) is 20.2 Å². The van der Waals surface area contributed by atoms with E-state index in [1.54, 1.807) is 12.1 Å². The Morgan fingerprint density at radius 2 is 1.26 bits per heavy atom. The minimum absolute atomic E-state index is 0. The van der Waals surface area contributed by atoms with Gasteiger partial charge < -0.3 is 5.11 Å². The molecule has 128 valence electrons. The third-order valence-electron chi connectivity index (χ3n) is 3.83. The Morgan fingerprint density at radius 1 is 0.783 bits per heavy atom. The molecule has 0 heterocycles. The Hall–Kier alpha value is -1.47. The van der Waals surface area contributed by atoms with E-state index in [9.17, 15) is 5.11 Å². The third kappa shape index (κ3) is 6.66. The van der Waals surface area contributed by atoms with Crippen molar-refractivity contribution in [1.82, 2.24) is 0 Å². The van der Waals surface area contributed by atoms with E-state index in [0.29, 0.717) is 16.9 Å². The van der Waals surface area contributed by atoms with Gasteiger partial charge in [-0.15, -0.1) is 0 Å². The van der Waals surface area contributed by atoms with Crippen LogP contribution in [0.1, 0.15) is 69.2 Å². The minimum Gasteiger partial charge on any atom is -0.506 e. The fraction of sp³-hybridized carbons (Fsp3) is 0.429. The first-order valence-electron chi connectivity index (χ1n) is 7.78. The normalized spacial score (nSPS) is 10.1. The van der Waals surface area contributed by atoms with Crippen molar-refractivity contribution in [3.8, 4) is 5.75 Å². The predicted octanol–water partition coefficient (Wildman–Crippen LogP) is 7.23. The number of phenols is 1. The summed E-state index contributed by atoms with van der Waals surface area (Å²) in [6.45, 7) is 12.9. The fourth-order valence-corrected chi connectivity index (χ4v) is 2.13. The molecule has 2 aromatic carbocycles. The van der Waals surface area contributed by atoms with Gasteiger partial charge in [-0.05, 0) is 60.1 Å². The average Bonchev–Trinajstić information content (AvgIpc) is 2.45. The van der Waals surface area contributed by atoms with E-state index < -0.39 is 0 Å². The molecular weight excluding hydrogens is 304 g/mol. The second kappa shape index (κ2) is 9.62. The largest absolute Gasteiger partial charge is 0.506 e. The second-order valence-corrected chi connectivity index (χ2v) is 6.77. The lowest BCUT2D eigenvalue weighted by Crippen LogP contribution is -1.89. The first-order chi connectivity index (χ1) is 10.2. The fourth-order valence-electron chi connectivity index (χ4n) is 2.01. The monoisotopic (exact) mass is 334 g/mol. The number of phenolic OH excluding ortho intramolecular Hbond substituents is 1. The van der Waals surface area contributed by atoms with E-state index >= 15 is 0 Å². The molecule has 2 rings (SSSR count). The van der Waals surface area contributed by atoms with Crippen LogP contribution in [0.15, 0.2) is 36.4 Å². The molecule has 0 radical (unpaired) electrons. The Balaban J connectivity index is 0.000000403. The van der Waals surface area contributed by atoms with E-state index in [1.807, 2.05) is 6.07 Å². The highest BCUT2D eigenvalue weighted by Gasteiger charge is 2.02. The first kappa shape index (κ1) is 21.5. The summed E-state index contributed by atoms with van der Waals surface area (Å²) in [6, 6.07) is 12.0. The summed E-state index contributed by atoms with van der Waals surface area (Å²) < 4.78 is 0. The van der Waals surface area contributed by atoms with Crippen molar-refractivity contribution in [3.63, 3.8) is 0 Å². The molecule has 0 atom stereocenters. The Morgan fingerprint density at radius 3 is 1.70 bits per heavy atom. The van der Waals surface area contributed by atoms with E-state index in [2.05, 4.69) is 59.7 Å². The highest BCUT2D eigenvalue weighted by Crippen LogP contribution is 2.26. The molecular formula is C21H31ClO. The van der Waals surface area contributed by atoms with Crippen molar-refractivity contribution in [2.24, 2.45) is 0 Å². The highest BCUT2D eigenvalue weighted by molar-refractivity contribution is 6.32. The van der Waals surface area contributed by atoms with Crippen molar-refractivity contribution in [3.05, 3.63) is 63.7 Å². The zero-order valence-corrected chi connectivity index (χ0v) is 15.2. The maximum atomic E-state index is 9.22. The summed E-state index contributed by atoms with van der Waals surface area (Å²) in [6.07, 6.45) is 0. The van der Waals surface area contributed by atoms with Gasteiger partial charge in [-0.3, -0.25) is 0 Å². The highest BCUT2D eigenvalue weighted by atomic mass is 35.5. The minimum atomic E-state index is 0. The van der Waals surface area contributed by atoms with E-state index in [0.717, 1.165) is 5.56 Å². The van der Waals surface area contributed by atoms with Crippen LogP contribution in [0.3, 0.4) is 0 Å². The van der Waals surface area contributed by atoms with E-state index in [-0.39, 0.29) is 13.2 Å². The summed E-state index contributed by atoms with van der Waals surface area (Å²) >= 11 is 5.64. The lowest BCUT2D eigenvalue weighted by Gasteiger charge is -2.07. The number of benzene rings is 2. The standard InChI is InChI=1S/C11H16.C9H11ClO.CH4/c1-8(2)11-6-5-9(3)10(4)7-11;1-6(2)7-3-4-8(10)9(11)5-7;/h5-8H,1-4H3;3-6,11H,1-2H3;1H4. The molecule has 0 spiro atoms. The molecule has 0 amide bonds. The van der Waals surface area contributed by atoms with Gasteiger partial charge in [0.1, 0.15) is 5.75 Å². The van der Waals surface area contributed by atoms with Gasteiger partial charge in [-0.25, -0.2) is 0 Å². The zero-order valence-electron chi connectivity index (χ0n) is 14.4. The van der Waals surface area contributed by atoms with Crippen LogP contribution in [0.5, 0.6) is 5.75 Å². The number of hydrogen-bond acceptors (Lipinski definition) is 1. The van der Waals surface area contributed by atoms with Gasteiger partial charge in [0.15, 0.2) is 0 Å². The molecule has 23 heavy (non-hydrogen) atoms. The smallest absolute Gasteiger partial charge is 0.134 e. The molecule has 0 fully saturated rings. The summed E-state index contributed by atoms with van der Waals surface area (Å²) in [5.41, 5.74) is 5.32. The van der Waals surface area contributed by atoms with E-state index in [1.165, 1.54) is 16.7 Å². The van der Waals surface area contributed by atoms with Crippen molar-refractivity contribution in [2.45, 2.75) is 60.8 Å². The quantitative estimate of drug-likeness (QED) is 0.614. The van der Waals surface area contributed by atoms with Crippen LogP contribution in [0.25, 0.3) is 0 Å². The number of hydrogen-bond donors (Lipinski definition) is 1. The van der Waals surface area contributed by atoms with Gasteiger partial charge >= 0.3 is 0 Å². The Bertz CT molecular complexity index is 560. The molecule has 0 saturated heterocycles. The molecule has 0 aromatic heterocycles. The summed E-state index contributed by atoms with van der Waals surface area (Å²) in [5.74, 6) is 1.24. The van der Waals surface area contributed by atoms with Crippen molar-refractivity contribution >= 4 is 11.6 Å². The summed E-state index contributed by atoms with van der Waals surface area (Å²) in [5, 5.41) is 9.63. The van der Waals surface area contributed by atoms with Gasteiger partial charge in [0.05, 0.1) is 5.02 Å². The maximum Gasteiger partial charge on any atom is 0.134 e. The van der Waals surface area contributed by atoms with Crippen LogP contribution in [0.2, 0.25) is 5.02 Å². The van der Waals surface area contributed by atoms with Gasteiger partial charge in [0, 0.05) is 0 Å². The van der Waals surface area contributed by atoms with Crippen molar-refractivity contribution in [2.75, 3.05) is 0 Å². The average molecular weight is 335 g/mol. The predicted molar refractivity (Wildman–Crippen MR) is 104 cm³/mol. The molecule has 0 unspecified atom stereocenters. The molecule has 2 heteroatoms. The molecule has 0 saturated carbocycles. The van der Waals surface area contributed by atoms with Gasteiger partial charge in [0.2, 0.25) is 0 Å². The molecule has 2 aromatic rings. The van der Waals surface area contributed by atoms with Crippen LogP contribution in [-0.4, -0.2) is 5.11 Å². The molecule has 0 aliphatic carbocycles. The van der Waals surface area contributed by atoms with Crippen LogP contribution < -0.4 is 0 Å². The van der Waals surface area contributed by atoms with Gasteiger partial charge in [-0.2, -0.15) is 0 Å². The number of aryl methyl sites for hydroxylation is 2. The molecule has 0 bridgehead atoms. The Kier molecular flexibility index (Phi) is 9.01. The zero-order chi connectivity index (χ0) is 16.9. The molecule has 1 N–H and O–H groups in total.